The molecule has 1 amide bonds. The molecule has 2 heterocycles. The van der Waals surface area contributed by atoms with Crippen LogP contribution in [0.4, 0.5) is 0 Å². The van der Waals surface area contributed by atoms with Gasteiger partial charge < -0.3 is 15.2 Å². The third-order valence-electron chi connectivity index (χ3n) is 5.00. The van der Waals surface area contributed by atoms with E-state index in [1.54, 1.807) is 0 Å². The maximum atomic E-state index is 12.3. The Morgan fingerprint density at radius 2 is 2.12 bits per heavy atom. The molecule has 1 aliphatic heterocycles. The first kappa shape index (κ1) is 18.3. The van der Waals surface area contributed by atoms with Gasteiger partial charge in [-0.2, -0.15) is 0 Å². The van der Waals surface area contributed by atoms with Gasteiger partial charge in [-0.05, 0) is 61.5 Å². The van der Waals surface area contributed by atoms with E-state index in [0.29, 0.717) is 17.4 Å². The number of H-pyrrole nitrogens is 1. The van der Waals surface area contributed by atoms with Gasteiger partial charge in [-0.3, -0.25) is 4.79 Å². The fraction of sp³-hybridized carbons (Fsp3) is 0.550. The van der Waals surface area contributed by atoms with Gasteiger partial charge >= 0.3 is 0 Å². The third kappa shape index (κ3) is 4.99. The Hall–Kier alpha value is -1.52. The second-order valence-electron chi connectivity index (χ2n) is 7.62. The van der Waals surface area contributed by atoms with Crippen molar-refractivity contribution in [1.29, 1.82) is 0 Å². The molecule has 1 saturated heterocycles. The monoisotopic (exact) mass is 361 g/mol. The number of aromatic nitrogens is 1. The van der Waals surface area contributed by atoms with Crippen LogP contribution in [-0.4, -0.2) is 42.0 Å². The molecule has 136 valence electrons. The number of likely N-dealkylation sites (tertiary alicyclic amines) is 1. The second-order valence-corrected chi connectivity index (χ2v) is 8.06. The average molecular weight is 362 g/mol. The van der Waals surface area contributed by atoms with Crippen LogP contribution in [0.5, 0.6) is 0 Å². The summed E-state index contributed by atoms with van der Waals surface area (Å²) in [7, 11) is 0. The largest absolute Gasteiger partial charge is 0.361 e. The number of carbonyl (C=O) groups is 1. The highest BCUT2D eigenvalue weighted by molar-refractivity contribution is 6.31. The van der Waals surface area contributed by atoms with Gasteiger partial charge in [0.05, 0.1) is 6.42 Å². The number of nitrogens with zero attached hydrogens (tertiary/aromatic N) is 1. The normalized spacial score (nSPS) is 16.6. The first-order chi connectivity index (χ1) is 12.0. The summed E-state index contributed by atoms with van der Waals surface area (Å²) >= 11 is 6.07. The number of aromatic amines is 1. The molecular formula is C20H28ClN3O. The summed E-state index contributed by atoms with van der Waals surface area (Å²) in [5, 5.41) is 4.85. The second kappa shape index (κ2) is 8.24. The summed E-state index contributed by atoms with van der Waals surface area (Å²) in [6.45, 7) is 8.81. The van der Waals surface area contributed by atoms with E-state index in [1.165, 1.54) is 19.4 Å². The van der Waals surface area contributed by atoms with E-state index < -0.39 is 0 Å². The summed E-state index contributed by atoms with van der Waals surface area (Å²) in [5.74, 6) is 1.41. The fourth-order valence-electron chi connectivity index (χ4n) is 3.68. The molecule has 0 radical (unpaired) electrons. The predicted molar refractivity (Wildman–Crippen MR) is 104 cm³/mol. The van der Waals surface area contributed by atoms with Crippen molar-refractivity contribution < 1.29 is 4.79 Å². The van der Waals surface area contributed by atoms with Crippen molar-refractivity contribution >= 4 is 28.4 Å². The first-order valence-electron chi connectivity index (χ1n) is 9.26. The SMILES string of the molecule is CC(C)CN1CCC(CNC(=O)Cc2c[nH]c3ccc(Cl)cc23)CC1. The van der Waals surface area contributed by atoms with Crippen molar-refractivity contribution in [2.75, 3.05) is 26.2 Å². The van der Waals surface area contributed by atoms with Crippen LogP contribution < -0.4 is 5.32 Å². The van der Waals surface area contributed by atoms with E-state index in [0.717, 1.165) is 42.0 Å². The van der Waals surface area contributed by atoms with Crippen LogP contribution >= 0.6 is 11.6 Å². The Morgan fingerprint density at radius 3 is 2.84 bits per heavy atom. The number of hydrogen-bond acceptors (Lipinski definition) is 2. The Morgan fingerprint density at radius 1 is 1.36 bits per heavy atom. The minimum Gasteiger partial charge on any atom is -0.361 e. The van der Waals surface area contributed by atoms with Crippen LogP contribution in [0, 0.1) is 11.8 Å². The van der Waals surface area contributed by atoms with Gasteiger partial charge in [-0.15, -0.1) is 0 Å². The number of piperidine rings is 1. The third-order valence-corrected chi connectivity index (χ3v) is 5.23. The number of hydrogen-bond donors (Lipinski definition) is 2. The van der Waals surface area contributed by atoms with Crippen molar-refractivity contribution in [2.24, 2.45) is 11.8 Å². The zero-order chi connectivity index (χ0) is 17.8. The molecule has 0 bridgehead atoms. The lowest BCUT2D eigenvalue weighted by atomic mass is 9.96. The van der Waals surface area contributed by atoms with Crippen LogP contribution in [0.25, 0.3) is 10.9 Å². The van der Waals surface area contributed by atoms with Gasteiger partial charge in [0.1, 0.15) is 0 Å². The smallest absolute Gasteiger partial charge is 0.224 e. The van der Waals surface area contributed by atoms with Gasteiger partial charge in [0.15, 0.2) is 0 Å². The molecule has 0 saturated carbocycles. The number of nitrogens with one attached hydrogen (secondary N) is 2. The molecule has 5 heteroatoms. The van der Waals surface area contributed by atoms with Crippen LogP contribution in [0.1, 0.15) is 32.3 Å². The van der Waals surface area contributed by atoms with Gasteiger partial charge in [-0.25, -0.2) is 0 Å². The van der Waals surface area contributed by atoms with E-state index in [1.807, 2.05) is 24.4 Å². The Kier molecular flexibility index (Phi) is 6.02. The highest BCUT2D eigenvalue weighted by atomic mass is 35.5. The summed E-state index contributed by atoms with van der Waals surface area (Å²) in [5.41, 5.74) is 2.02. The topological polar surface area (TPSA) is 48.1 Å². The maximum absolute atomic E-state index is 12.3. The molecule has 4 nitrogen and oxygen atoms in total. The molecule has 0 atom stereocenters. The summed E-state index contributed by atoms with van der Waals surface area (Å²) in [4.78, 5) is 18.1. The lowest BCUT2D eigenvalue weighted by Gasteiger charge is -2.33. The van der Waals surface area contributed by atoms with Crippen molar-refractivity contribution in [2.45, 2.75) is 33.1 Å². The van der Waals surface area contributed by atoms with E-state index in [4.69, 9.17) is 11.6 Å². The predicted octanol–water partition coefficient (Wildman–Crippen LogP) is 3.85. The van der Waals surface area contributed by atoms with Crippen LogP contribution in [-0.2, 0) is 11.2 Å². The van der Waals surface area contributed by atoms with E-state index in [2.05, 4.69) is 29.0 Å². The number of benzene rings is 1. The van der Waals surface area contributed by atoms with Gasteiger partial charge in [0.25, 0.3) is 0 Å². The fourth-order valence-corrected chi connectivity index (χ4v) is 3.85. The highest BCUT2D eigenvalue weighted by Gasteiger charge is 2.20. The zero-order valence-corrected chi connectivity index (χ0v) is 15.9. The number of rotatable bonds is 6. The van der Waals surface area contributed by atoms with Gasteiger partial charge in [-0.1, -0.05) is 25.4 Å². The van der Waals surface area contributed by atoms with Crippen LogP contribution in [0.3, 0.4) is 0 Å². The Bertz CT molecular complexity index is 717. The van der Waals surface area contributed by atoms with E-state index in [9.17, 15) is 4.79 Å². The summed E-state index contributed by atoms with van der Waals surface area (Å²) < 4.78 is 0. The molecule has 2 N–H and O–H groups in total. The first-order valence-corrected chi connectivity index (χ1v) is 9.63. The molecule has 0 aliphatic carbocycles. The zero-order valence-electron chi connectivity index (χ0n) is 15.1. The number of amides is 1. The molecule has 0 unspecified atom stereocenters. The van der Waals surface area contributed by atoms with Crippen LogP contribution in [0.2, 0.25) is 5.02 Å². The summed E-state index contributed by atoms with van der Waals surface area (Å²) in [6, 6.07) is 5.72. The minimum atomic E-state index is 0.0884. The van der Waals surface area contributed by atoms with Gasteiger partial charge in [0, 0.05) is 35.2 Å². The average Bonchev–Trinajstić information content (AvgIpc) is 2.96. The standard InChI is InChI=1S/C20H28ClN3O/c1-14(2)13-24-7-5-15(6-8-24)11-23-20(25)9-16-12-22-19-4-3-17(21)10-18(16)19/h3-4,10,12,14-15,22H,5-9,11,13H2,1-2H3,(H,23,25). The molecular weight excluding hydrogens is 334 g/mol. The quantitative estimate of drug-likeness (QED) is 0.821. The van der Waals surface area contributed by atoms with Crippen molar-refractivity contribution in [3.63, 3.8) is 0 Å². The van der Waals surface area contributed by atoms with Crippen molar-refractivity contribution in [3.8, 4) is 0 Å². The highest BCUT2D eigenvalue weighted by Crippen LogP contribution is 2.23. The molecule has 1 aliphatic rings. The maximum Gasteiger partial charge on any atom is 0.224 e. The number of halogens is 1. The Balaban J connectivity index is 1.46. The van der Waals surface area contributed by atoms with E-state index >= 15 is 0 Å². The van der Waals surface area contributed by atoms with E-state index in [-0.39, 0.29) is 5.91 Å². The minimum absolute atomic E-state index is 0.0884. The number of carbonyl (C=O) groups excluding carboxylic acids is 1. The van der Waals surface area contributed by atoms with Crippen molar-refractivity contribution in [1.82, 2.24) is 15.2 Å². The molecule has 25 heavy (non-hydrogen) atoms. The summed E-state index contributed by atoms with van der Waals surface area (Å²) in [6.07, 6.45) is 4.66. The molecule has 1 aromatic heterocycles. The molecule has 1 fully saturated rings. The molecule has 1 aromatic carbocycles. The lowest BCUT2D eigenvalue weighted by molar-refractivity contribution is -0.120. The molecule has 0 spiro atoms. The molecule has 3 rings (SSSR count). The number of fused-ring (bicyclic) bond motifs is 1. The lowest BCUT2D eigenvalue weighted by Crippen LogP contribution is -2.40. The van der Waals surface area contributed by atoms with Crippen molar-refractivity contribution in [3.05, 3.63) is 35.0 Å². The Labute approximate surface area is 154 Å². The van der Waals surface area contributed by atoms with Gasteiger partial charge in [0.2, 0.25) is 5.91 Å². The molecule has 2 aromatic rings. The van der Waals surface area contributed by atoms with Crippen LogP contribution in [0.15, 0.2) is 24.4 Å².